The van der Waals surface area contributed by atoms with Gasteiger partial charge in [0.2, 0.25) is 0 Å². The summed E-state index contributed by atoms with van der Waals surface area (Å²) in [6, 6.07) is 9.43. The number of allylic oxidation sites excluding steroid dienone is 1. The molecule has 0 radical (unpaired) electrons. The number of ether oxygens (including phenoxy) is 9. The molecule has 376 valence electrons. The third-order valence-electron chi connectivity index (χ3n) is 17.7. The molecule has 3 saturated heterocycles. The zero-order valence-electron chi connectivity index (χ0n) is 40.4. The summed E-state index contributed by atoms with van der Waals surface area (Å²) in [5.41, 5.74) is 0.146. The Labute approximate surface area is 394 Å². The summed E-state index contributed by atoms with van der Waals surface area (Å²) in [5.74, 6) is -0.309. The Morgan fingerprint density at radius 3 is 2.09 bits per heavy atom. The van der Waals surface area contributed by atoms with Gasteiger partial charge in [-0.15, -0.1) is 0 Å². The van der Waals surface area contributed by atoms with Crippen LogP contribution in [0.3, 0.4) is 0 Å². The first-order valence-corrected chi connectivity index (χ1v) is 24.7. The second-order valence-electron chi connectivity index (χ2n) is 21.1. The van der Waals surface area contributed by atoms with Crippen LogP contribution >= 0.6 is 0 Å². The minimum atomic E-state index is -1.58. The highest BCUT2D eigenvalue weighted by atomic mass is 16.8. The fraction of sp³-hybridized carbons (Fsp3) is 0.804. The van der Waals surface area contributed by atoms with Gasteiger partial charge >= 0.3 is 5.97 Å². The van der Waals surface area contributed by atoms with Gasteiger partial charge in [-0.1, -0.05) is 55.8 Å². The van der Waals surface area contributed by atoms with Crippen LogP contribution in [-0.4, -0.2) is 156 Å². The highest BCUT2D eigenvalue weighted by Crippen LogP contribution is 2.71. The van der Waals surface area contributed by atoms with Gasteiger partial charge in [-0.3, -0.25) is 9.59 Å². The molecule has 22 atom stereocenters. The molecular weight excluding hydrogens is 869 g/mol. The van der Waals surface area contributed by atoms with E-state index in [2.05, 4.69) is 19.9 Å². The summed E-state index contributed by atoms with van der Waals surface area (Å²) in [6.45, 7) is 11.0. The molecule has 7 aliphatic rings. The molecule has 8 rings (SSSR count). The number of benzene rings is 1. The topological polar surface area (TPSA) is 218 Å². The number of aliphatic hydroxyl groups is 5. The predicted molar refractivity (Wildman–Crippen MR) is 240 cm³/mol. The number of rotatable bonds is 14. The number of carbonyl (C=O) groups is 2. The zero-order valence-corrected chi connectivity index (χ0v) is 40.4. The maximum atomic E-state index is 14.0. The number of carbonyl (C=O) groups excluding carboxylic acids is 2. The Kier molecular flexibility index (Phi) is 15.5. The Balaban J connectivity index is 0.913. The van der Waals surface area contributed by atoms with Gasteiger partial charge in [0.15, 0.2) is 24.7 Å². The average molecular weight is 945 g/mol. The van der Waals surface area contributed by atoms with Crippen LogP contribution in [0.25, 0.3) is 0 Å². The lowest BCUT2D eigenvalue weighted by atomic mass is 9.42. The Morgan fingerprint density at radius 2 is 1.46 bits per heavy atom. The summed E-state index contributed by atoms with van der Waals surface area (Å²) < 4.78 is 55.5. The van der Waals surface area contributed by atoms with Crippen molar-refractivity contribution in [2.45, 2.75) is 203 Å². The van der Waals surface area contributed by atoms with Gasteiger partial charge in [0.25, 0.3) is 0 Å². The molecule has 0 amide bonds. The number of Topliss-reactive ketones (excluding diaryl/α,β-unsaturated/α-hetero) is 1. The largest absolute Gasteiger partial charge is 0.463 e. The van der Waals surface area contributed by atoms with Gasteiger partial charge < -0.3 is 68.2 Å². The molecule has 5 N–H and O–H groups in total. The second kappa shape index (κ2) is 20.4. The lowest BCUT2D eigenvalue weighted by Crippen LogP contribution is -2.64. The maximum absolute atomic E-state index is 14.0. The van der Waals surface area contributed by atoms with Crippen LogP contribution in [0.5, 0.6) is 0 Å². The SMILES string of the molecule is COC1CC(OC2CCC3(C)C(=CCC4C3CC(CC(=O)c3ccccc3)C3(C)C(C(C)OC(C)=O)CCC43O)C2)OC(C)C1OC1CC(OC)C(OC2OC(CO)C(O)C(O)C2O)C(C)O1. The van der Waals surface area contributed by atoms with Gasteiger partial charge in [0.05, 0.1) is 42.7 Å². The Morgan fingerprint density at radius 1 is 0.821 bits per heavy atom. The van der Waals surface area contributed by atoms with Crippen molar-refractivity contribution in [2.75, 3.05) is 20.8 Å². The van der Waals surface area contributed by atoms with Crippen molar-refractivity contribution < 1.29 is 77.8 Å². The molecule has 3 saturated carbocycles. The molecule has 22 unspecified atom stereocenters. The number of fused-ring (bicyclic) bond motifs is 5. The fourth-order valence-electron chi connectivity index (χ4n) is 14.0. The number of ketones is 1. The van der Waals surface area contributed by atoms with E-state index in [-0.39, 0.29) is 65.6 Å². The monoisotopic (exact) mass is 945 g/mol. The van der Waals surface area contributed by atoms with Crippen molar-refractivity contribution in [3.05, 3.63) is 47.5 Å². The van der Waals surface area contributed by atoms with E-state index < -0.39 is 91.4 Å². The van der Waals surface area contributed by atoms with Crippen molar-refractivity contribution in [1.29, 1.82) is 0 Å². The van der Waals surface area contributed by atoms with E-state index in [1.54, 1.807) is 14.0 Å². The fourth-order valence-corrected chi connectivity index (χ4v) is 14.0. The van der Waals surface area contributed by atoms with Crippen LogP contribution in [0.15, 0.2) is 42.0 Å². The first kappa shape index (κ1) is 51.0. The van der Waals surface area contributed by atoms with Crippen LogP contribution < -0.4 is 0 Å². The lowest BCUT2D eigenvalue weighted by molar-refractivity contribution is -0.353. The molecule has 67 heavy (non-hydrogen) atoms. The van der Waals surface area contributed by atoms with Crippen LogP contribution in [0.2, 0.25) is 0 Å². The van der Waals surface area contributed by atoms with Gasteiger partial charge in [0, 0.05) is 57.3 Å². The van der Waals surface area contributed by atoms with Gasteiger partial charge in [-0.2, -0.15) is 0 Å². The van der Waals surface area contributed by atoms with Gasteiger partial charge in [-0.05, 0) is 88.9 Å². The average Bonchev–Trinajstić information content (AvgIpc) is 3.59. The number of hydrogen-bond donors (Lipinski definition) is 5. The van der Waals surface area contributed by atoms with Gasteiger partial charge in [-0.25, -0.2) is 0 Å². The van der Waals surface area contributed by atoms with E-state index in [4.69, 9.17) is 42.6 Å². The molecule has 0 bridgehead atoms. The Hall–Kier alpha value is -2.42. The zero-order chi connectivity index (χ0) is 48.2. The van der Waals surface area contributed by atoms with Crippen LogP contribution in [-0.2, 0) is 47.4 Å². The molecule has 3 heterocycles. The maximum Gasteiger partial charge on any atom is 0.302 e. The number of hydrogen-bond acceptors (Lipinski definition) is 16. The molecule has 4 aliphatic carbocycles. The predicted octanol–water partition coefficient (Wildman–Crippen LogP) is 4.39. The molecule has 16 heteroatoms. The molecule has 0 spiro atoms. The third kappa shape index (κ3) is 9.47. The van der Waals surface area contributed by atoms with Crippen molar-refractivity contribution in [3.8, 4) is 0 Å². The smallest absolute Gasteiger partial charge is 0.302 e. The van der Waals surface area contributed by atoms with Crippen LogP contribution in [0.4, 0.5) is 0 Å². The lowest BCUT2D eigenvalue weighted by Gasteiger charge is -2.64. The number of esters is 1. The third-order valence-corrected chi connectivity index (χ3v) is 17.7. The van der Waals surface area contributed by atoms with Gasteiger partial charge in [0.1, 0.15) is 42.7 Å². The van der Waals surface area contributed by atoms with Crippen LogP contribution in [0.1, 0.15) is 116 Å². The summed E-state index contributed by atoms with van der Waals surface area (Å²) >= 11 is 0. The van der Waals surface area contributed by atoms with Crippen molar-refractivity contribution in [1.82, 2.24) is 0 Å². The normalized spacial score (nSPS) is 46.9. The van der Waals surface area contributed by atoms with Crippen molar-refractivity contribution in [3.63, 3.8) is 0 Å². The summed E-state index contributed by atoms with van der Waals surface area (Å²) in [5, 5.41) is 54.0. The molecule has 1 aromatic rings. The van der Waals surface area contributed by atoms with E-state index in [1.807, 2.05) is 44.2 Å². The highest BCUT2D eigenvalue weighted by molar-refractivity contribution is 5.96. The summed E-state index contributed by atoms with van der Waals surface area (Å²) in [6.07, 6.45) is -3.47. The minimum Gasteiger partial charge on any atom is -0.463 e. The van der Waals surface area contributed by atoms with E-state index in [1.165, 1.54) is 19.6 Å². The first-order valence-electron chi connectivity index (χ1n) is 24.7. The standard InChI is InChI=1S/C51H76O16/c1-26(61-29(4)53)34-17-19-51(58)35-15-14-31-20-33(16-18-49(31,5)36(35)21-32(50(34,51)6)22-37(54)30-12-10-9-11-13-30)64-41-23-38(59-7)46(27(2)62-41)66-42-24-39(60-8)47(28(3)63-42)67-48-45(57)44(56)43(55)40(25-52)65-48/h9-14,26-28,32-36,38-48,52,55-58H,15-25H2,1-8H3. The molecule has 1 aromatic carbocycles. The van der Waals surface area contributed by atoms with E-state index in [0.717, 1.165) is 38.5 Å². The quantitative estimate of drug-likeness (QED) is 0.0993. The van der Waals surface area contributed by atoms with Crippen molar-refractivity contribution >= 4 is 11.8 Å². The van der Waals surface area contributed by atoms with E-state index in [9.17, 15) is 35.1 Å². The molecule has 6 fully saturated rings. The van der Waals surface area contributed by atoms with Crippen LogP contribution in [0, 0.1) is 34.5 Å². The van der Waals surface area contributed by atoms with Crippen molar-refractivity contribution in [2.24, 2.45) is 34.5 Å². The molecule has 0 aromatic heterocycles. The van der Waals surface area contributed by atoms with E-state index in [0.29, 0.717) is 24.8 Å². The molecular formula is C51H76O16. The number of methoxy groups -OCH3 is 2. The summed E-state index contributed by atoms with van der Waals surface area (Å²) in [4.78, 5) is 26.3. The molecule has 16 nitrogen and oxygen atoms in total. The second-order valence-corrected chi connectivity index (χ2v) is 21.1. The number of aliphatic hydroxyl groups excluding tert-OH is 4. The van der Waals surface area contributed by atoms with E-state index >= 15 is 0 Å². The highest BCUT2D eigenvalue weighted by Gasteiger charge is 2.70. The Bertz CT molecular complexity index is 1900. The minimum absolute atomic E-state index is 0.000550. The summed E-state index contributed by atoms with van der Waals surface area (Å²) in [7, 11) is 3.18. The molecule has 3 aliphatic heterocycles. The first-order chi connectivity index (χ1) is 31.9.